The molecule has 2 aromatic rings. The van der Waals surface area contributed by atoms with Gasteiger partial charge in [0, 0.05) is 12.0 Å². The van der Waals surface area contributed by atoms with Crippen LogP contribution in [0.2, 0.25) is 0 Å². The average Bonchev–Trinajstić information content (AvgIpc) is 3.34. The molecule has 2 N–H and O–H groups in total. The number of halogens is 1. The second-order valence-electron chi connectivity index (χ2n) is 8.71. The summed E-state index contributed by atoms with van der Waals surface area (Å²) < 4.78 is 20.3. The molecular weight excluding hydrogens is 391 g/mol. The second-order valence-corrected chi connectivity index (χ2v) is 8.71. The average molecular weight is 421 g/mol. The van der Waals surface area contributed by atoms with Crippen molar-refractivity contribution in [1.29, 1.82) is 0 Å². The van der Waals surface area contributed by atoms with Crippen molar-refractivity contribution in [2.24, 2.45) is 16.1 Å². The van der Waals surface area contributed by atoms with Gasteiger partial charge in [0.25, 0.3) is 0 Å². The lowest BCUT2D eigenvalue weighted by Crippen LogP contribution is -2.54. The Morgan fingerprint density at radius 3 is 2.35 bits per heavy atom. The summed E-state index contributed by atoms with van der Waals surface area (Å²) in [6.07, 6.45) is 3.90. The Labute approximate surface area is 183 Å². The number of hydrogen-bond donors (Lipinski definition) is 1. The first-order chi connectivity index (χ1) is 14.9. The fourth-order valence-electron chi connectivity index (χ4n) is 5.40. The topological polar surface area (TPSA) is 64.7 Å². The van der Waals surface area contributed by atoms with E-state index in [0.717, 1.165) is 29.7 Å². The van der Waals surface area contributed by atoms with Gasteiger partial charge < -0.3 is 10.5 Å². The first kappa shape index (κ1) is 21.3. The number of hydrogen-bond acceptors (Lipinski definition) is 3. The molecule has 1 aliphatic heterocycles. The molecule has 0 bridgehead atoms. The van der Waals surface area contributed by atoms with Crippen LogP contribution in [0.25, 0.3) is 0 Å². The molecule has 2 aliphatic rings. The molecule has 1 fully saturated rings. The van der Waals surface area contributed by atoms with E-state index in [2.05, 4.69) is 12.1 Å². The summed E-state index contributed by atoms with van der Waals surface area (Å²) in [5.41, 5.74) is 7.76. The van der Waals surface area contributed by atoms with Crippen molar-refractivity contribution in [2.75, 3.05) is 0 Å². The Morgan fingerprint density at radius 2 is 1.71 bits per heavy atom. The maximum atomic E-state index is 14.1. The molecule has 1 amide bonds. The van der Waals surface area contributed by atoms with Gasteiger partial charge >= 0.3 is 0 Å². The van der Waals surface area contributed by atoms with Gasteiger partial charge in [-0.05, 0) is 43.9 Å². The van der Waals surface area contributed by atoms with Crippen molar-refractivity contribution in [2.45, 2.75) is 58.1 Å². The SMILES string of the molecule is CC1=NC(Cc2ccccc2)(C2(C(N)=O)CCCC2)C(C)=C1OCc1ccccc1F. The van der Waals surface area contributed by atoms with Gasteiger partial charge in [0.05, 0.1) is 11.1 Å². The highest BCUT2D eigenvalue weighted by molar-refractivity contribution is 6.01. The Morgan fingerprint density at radius 1 is 1.06 bits per heavy atom. The van der Waals surface area contributed by atoms with Crippen LogP contribution >= 0.6 is 0 Å². The molecule has 4 rings (SSSR count). The normalized spacial score (nSPS) is 22.5. The highest BCUT2D eigenvalue weighted by atomic mass is 19.1. The van der Waals surface area contributed by atoms with Crippen LogP contribution in [-0.4, -0.2) is 17.2 Å². The number of rotatable bonds is 7. The lowest BCUT2D eigenvalue weighted by molar-refractivity contribution is -0.130. The molecule has 1 heterocycles. The maximum absolute atomic E-state index is 14.1. The molecule has 5 heteroatoms. The van der Waals surface area contributed by atoms with Crippen LogP contribution in [0.15, 0.2) is 70.9 Å². The highest BCUT2D eigenvalue weighted by Crippen LogP contribution is 2.55. The zero-order valence-electron chi connectivity index (χ0n) is 18.2. The van der Waals surface area contributed by atoms with E-state index >= 15 is 0 Å². The molecule has 0 saturated heterocycles. The minimum absolute atomic E-state index is 0.108. The summed E-state index contributed by atoms with van der Waals surface area (Å²) in [6, 6.07) is 16.7. The maximum Gasteiger partial charge on any atom is 0.226 e. The lowest BCUT2D eigenvalue weighted by Gasteiger charge is -2.43. The molecule has 0 spiro atoms. The standard InChI is InChI=1S/C26H29FN2O2/c1-18-23(31-17-21-12-6-7-13-22(21)27)19(2)29-26(18,16-20-10-4-3-5-11-20)25(24(28)30)14-8-9-15-25/h3-7,10-13H,8-9,14-17H2,1-2H3,(H2,28,30). The number of primary amides is 1. The largest absolute Gasteiger partial charge is 0.487 e. The summed E-state index contributed by atoms with van der Waals surface area (Å²) in [5, 5.41) is 0. The van der Waals surface area contributed by atoms with Crippen molar-refractivity contribution >= 4 is 11.6 Å². The van der Waals surface area contributed by atoms with Crippen molar-refractivity contribution in [3.63, 3.8) is 0 Å². The van der Waals surface area contributed by atoms with Crippen molar-refractivity contribution < 1.29 is 13.9 Å². The minimum atomic E-state index is -0.786. The summed E-state index contributed by atoms with van der Waals surface area (Å²) >= 11 is 0. The van der Waals surface area contributed by atoms with Crippen LogP contribution in [0, 0.1) is 11.2 Å². The monoisotopic (exact) mass is 420 g/mol. The van der Waals surface area contributed by atoms with Gasteiger partial charge in [-0.1, -0.05) is 61.4 Å². The van der Waals surface area contributed by atoms with Gasteiger partial charge in [-0.25, -0.2) is 4.39 Å². The number of allylic oxidation sites excluding steroid dienone is 1. The Balaban J connectivity index is 1.77. The van der Waals surface area contributed by atoms with E-state index in [0.29, 0.717) is 30.6 Å². The Kier molecular flexibility index (Phi) is 5.69. The Bertz CT molecular complexity index is 1040. The van der Waals surface area contributed by atoms with E-state index in [9.17, 15) is 9.18 Å². The molecule has 0 radical (unpaired) electrons. The summed E-state index contributed by atoms with van der Waals surface area (Å²) in [6.45, 7) is 4.00. The Hall–Kier alpha value is -2.95. The van der Waals surface area contributed by atoms with Crippen molar-refractivity contribution in [3.05, 3.63) is 82.9 Å². The number of aliphatic imine (C=N–C) groups is 1. The number of carbonyl (C=O) groups excluding carboxylic acids is 1. The van der Waals surface area contributed by atoms with E-state index in [-0.39, 0.29) is 18.3 Å². The quantitative estimate of drug-likeness (QED) is 0.676. The number of benzene rings is 2. The van der Waals surface area contributed by atoms with Gasteiger partial charge in [0.15, 0.2) is 0 Å². The van der Waals surface area contributed by atoms with Gasteiger partial charge in [0.2, 0.25) is 5.91 Å². The molecule has 2 aromatic carbocycles. The van der Waals surface area contributed by atoms with Gasteiger partial charge in [0.1, 0.15) is 23.7 Å². The smallest absolute Gasteiger partial charge is 0.226 e. The minimum Gasteiger partial charge on any atom is -0.487 e. The number of carbonyl (C=O) groups is 1. The number of nitrogens with zero attached hydrogens (tertiary/aromatic N) is 1. The third-order valence-corrected chi connectivity index (χ3v) is 7.00. The zero-order chi connectivity index (χ0) is 22.1. The third kappa shape index (κ3) is 3.56. The molecule has 0 aromatic heterocycles. The van der Waals surface area contributed by atoms with Crippen LogP contribution in [0.3, 0.4) is 0 Å². The van der Waals surface area contributed by atoms with Gasteiger partial charge in [-0.3, -0.25) is 9.79 Å². The van der Waals surface area contributed by atoms with E-state index in [1.54, 1.807) is 18.2 Å². The molecule has 1 aliphatic carbocycles. The third-order valence-electron chi connectivity index (χ3n) is 7.00. The zero-order valence-corrected chi connectivity index (χ0v) is 18.2. The van der Waals surface area contributed by atoms with Crippen LogP contribution in [0.4, 0.5) is 4.39 Å². The van der Waals surface area contributed by atoms with Crippen LogP contribution < -0.4 is 5.73 Å². The lowest BCUT2D eigenvalue weighted by atomic mass is 9.62. The fourth-order valence-corrected chi connectivity index (χ4v) is 5.40. The first-order valence-corrected chi connectivity index (χ1v) is 10.9. The van der Waals surface area contributed by atoms with Crippen molar-refractivity contribution in [1.82, 2.24) is 0 Å². The van der Waals surface area contributed by atoms with Gasteiger partial charge in [-0.15, -0.1) is 0 Å². The van der Waals surface area contributed by atoms with E-state index in [1.807, 2.05) is 32.0 Å². The van der Waals surface area contributed by atoms with Crippen LogP contribution in [0.5, 0.6) is 0 Å². The van der Waals surface area contributed by atoms with Crippen molar-refractivity contribution in [3.8, 4) is 0 Å². The molecule has 162 valence electrons. The van der Waals surface area contributed by atoms with E-state index in [4.69, 9.17) is 15.5 Å². The molecular formula is C26H29FN2O2. The molecule has 4 nitrogen and oxygen atoms in total. The number of nitrogens with two attached hydrogens (primary N) is 1. The van der Waals surface area contributed by atoms with E-state index in [1.165, 1.54) is 6.07 Å². The first-order valence-electron chi connectivity index (χ1n) is 10.9. The molecule has 31 heavy (non-hydrogen) atoms. The van der Waals surface area contributed by atoms with Crippen LogP contribution in [-0.2, 0) is 22.6 Å². The molecule has 1 atom stereocenters. The highest BCUT2D eigenvalue weighted by Gasteiger charge is 2.60. The molecule has 1 saturated carbocycles. The number of ether oxygens (including phenoxy) is 1. The number of amides is 1. The van der Waals surface area contributed by atoms with Gasteiger partial charge in [-0.2, -0.15) is 0 Å². The predicted octanol–water partition coefficient (Wildman–Crippen LogP) is 5.12. The summed E-state index contributed by atoms with van der Waals surface area (Å²) in [7, 11) is 0. The summed E-state index contributed by atoms with van der Waals surface area (Å²) in [4.78, 5) is 18.0. The predicted molar refractivity (Wildman–Crippen MR) is 120 cm³/mol. The fraction of sp³-hybridized carbons (Fsp3) is 0.385. The van der Waals surface area contributed by atoms with Crippen LogP contribution in [0.1, 0.15) is 50.7 Å². The summed E-state index contributed by atoms with van der Waals surface area (Å²) in [5.74, 6) is 0.0483. The second kappa shape index (κ2) is 8.29. The molecule has 1 unspecified atom stereocenters. The van der Waals surface area contributed by atoms with E-state index < -0.39 is 11.0 Å².